The lowest BCUT2D eigenvalue weighted by atomic mass is 10.2. The van der Waals surface area contributed by atoms with Crippen molar-refractivity contribution in [3.8, 4) is 5.69 Å². The van der Waals surface area contributed by atoms with Gasteiger partial charge in [-0.1, -0.05) is 0 Å². The lowest BCUT2D eigenvalue weighted by Gasteiger charge is -2.09. The Kier molecular flexibility index (Phi) is 2.99. The van der Waals surface area contributed by atoms with Crippen molar-refractivity contribution in [3.05, 3.63) is 51.1 Å². The molecule has 0 aliphatic heterocycles. The van der Waals surface area contributed by atoms with Crippen molar-refractivity contribution >= 4 is 39.3 Å². The van der Waals surface area contributed by atoms with Gasteiger partial charge in [-0.15, -0.1) is 0 Å². The summed E-state index contributed by atoms with van der Waals surface area (Å²) in [7, 11) is 0. The minimum atomic E-state index is -0.326. The quantitative estimate of drug-likeness (QED) is 0.672. The summed E-state index contributed by atoms with van der Waals surface area (Å²) < 4.78 is 16.4. The van der Waals surface area contributed by atoms with Gasteiger partial charge in [0, 0.05) is 6.20 Å². The first kappa shape index (κ1) is 12.5. The minimum absolute atomic E-state index is 0.326. The molecule has 0 radical (unpaired) electrons. The third-order valence-electron chi connectivity index (χ3n) is 2.92. The SMILES string of the molecule is Cc1cc(Br)c(F)cc1-n1c(=S)[nH]c2cccnc21. The number of rotatable bonds is 1. The molecule has 0 amide bonds. The zero-order chi connectivity index (χ0) is 13.6. The molecule has 2 aromatic heterocycles. The Labute approximate surface area is 122 Å². The average Bonchev–Trinajstić information content (AvgIpc) is 2.70. The fourth-order valence-corrected chi connectivity index (χ4v) is 2.79. The van der Waals surface area contributed by atoms with Gasteiger partial charge in [-0.2, -0.15) is 0 Å². The van der Waals surface area contributed by atoms with E-state index in [4.69, 9.17) is 12.2 Å². The van der Waals surface area contributed by atoms with Gasteiger partial charge in [-0.3, -0.25) is 4.57 Å². The first-order chi connectivity index (χ1) is 9.08. The maximum Gasteiger partial charge on any atom is 0.184 e. The molecule has 3 nitrogen and oxygen atoms in total. The highest BCUT2D eigenvalue weighted by atomic mass is 79.9. The van der Waals surface area contributed by atoms with Crippen LogP contribution in [0.4, 0.5) is 4.39 Å². The zero-order valence-corrected chi connectivity index (χ0v) is 12.3. The Balaban J connectivity index is 2.40. The summed E-state index contributed by atoms with van der Waals surface area (Å²) in [6.07, 6.45) is 1.69. The van der Waals surface area contributed by atoms with Crippen LogP contribution in [0.2, 0.25) is 0 Å². The number of fused-ring (bicyclic) bond motifs is 1. The second-order valence-electron chi connectivity index (χ2n) is 4.19. The van der Waals surface area contributed by atoms with Gasteiger partial charge < -0.3 is 4.98 Å². The lowest BCUT2D eigenvalue weighted by Crippen LogP contribution is -1.99. The molecule has 0 aliphatic rings. The second kappa shape index (κ2) is 4.54. The van der Waals surface area contributed by atoms with E-state index in [2.05, 4.69) is 25.9 Å². The molecule has 0 atom stereocenters. The number of aromatic nitrogens is 3. The molecule has 2 heterocycles. The maximum absolute atomic E-state index is 13.8. The van der Waals surface area contributed by atoms with Gasteiger partial charge in [0.05, 0.1) is 15.7 Å². The number of imidazole rings is 1. The Morgan fingerprint density at radius 3 is 3.00 bits per heavy atom. The predicted molar refractivity (Wildman–Crippen MR) is 78.6 cm³/mol. The number of hydrogen-bond acceptors (Lipinski definition) is 2. The van der Waals surface area contributed by atoms with Crippen molar-refractivity contribution in [3.63, 3.8) is 0 Å². The summed E-state index contributed by atoms with van der Waals surface area (Å²) in [5.41, 5.74) is 3.12. The van der Waals surface area contributed by atoms with Gasteiger partial charge >= 0.3 is 0 Å². The number of aromatic amines is 1. The number of benzene rings is 1. The Bertz CT molecular complexity index is 838. The highest BCUT2D eigenvalue weighted by molar-refractivity contribution is 9.10. The number of nitrogens with zero attached hydrogens (tertiary/aromatic N) is 2. The summed E-state index contributed by atoms with van der Waals surface area (Å²) in [6.45, 7) is 1.91. The van der Waals surface area contributed by atoms with E-state index in [1.54, 1.807) is 16.8 Å². The van der Waals surface area contributed by atoms with E-state index in [0.29, 0.717) is 20.6 Å². The Hall–Kier alpha value is -1.53. The minimum Gasteiger partial charge on any atom is -0.329 e. The van der Waals surface area contributed by atoms with Crippen LogP contribution in [0.25, 0.3) is 16.9 Å². The fraction of sp³-hybridized carbons (Fsp3) is 0.0769. The smallest absolute Gasteiger partial charge is 0.184 e. The Morgan fingerprint density at radius 1 is 1.42 bits per heavy atom. The average molecular weight is 338 g/mol. The molecule has 96 valence electrons. The van der Waals surface area contributed by atoms with E-state index in [9.17, 15) is 4.39 Å². The molecule has 0 fully saturated rings. The second-order valence-corrected chi connectivity index (χ2v) is 5.43. The van der Waals surface area contributed by atoms with Crippen LogP contribution in [0.15, 0.2) is 34.9 Å². The molecule has 0 bridgehead atoms. The van der Waals surface area contributed by atoms with E-state index in [-0.39, 0.29) is 5.82 Å². The van der Waals surface area contributed by atoms with E-state index in [1.165, 1.54) is 6.07 Å². The standard InChI is InChI=1S/C13H9BrFN3S/c1-7-5-8(14)9(15)6-11(7)18-12-10(17-13(18)19)3-2-4-16-12/h2-6H,1H3,(H,17,19). The molecule has 0 unspecified atom stereocenters. The molecule has 19 heavy (non-hydrogen) atoms. The van der Waals surface area contributed by atoms with Crippen LogP contribution in [0.1, 0.15) is 5.56 Å². The van der Waals surface area contributed by atoms with Gasteiger partial charge in [0.15, 0.2) is 10.4 Å². The van der Waals surface area contributed by atoms with Gasteiger partial charge in [-0.05, 0) is 64.9 Å². The molecule has 3 aromatic rings. The van der Waals surface area contributed by atoms with Crippen molar-refractivity contribution in [1.82, 2.24) is 14.5 Å². The van der Waals surface area contributed by atoms with Crippen LogP contribution in [0.3, 0.4) is 0 Å². The zero-order valence-electron chi connectivity index (χ0n) is 9.95. The monoisotopic (exact) mass is 337 g/mol. The van der Waals surface area contributed by atoms with Crippen LogP contribution in [-0.2, 0) is 0 Å². The van der Waals surface area contributed by atoms with Gasteiger partial charge in [0.2, 0.25) is 0 Å². The summed E-state index contributed by atoms with van der Waals surface area (Å²) in [5, 5.41) is 0. The highest BCUT2D eigenvalue weighted by Crippen LogP contribution is 2.25. The normalized spacial score (nSPS) is 11.1. The van der Waals surface area contributed by atoms with E-state index < -0.39 is 0 Å². The number of halogens is 2. The molecule has 0 saturated carbocycles. The fourth-order valence-electron chi connectivity index (χ4n) is 2.04. The summed E-state index contributed by atoms with van der Waals surface area (Å²) >= 11 is 8.48. The van der Waals surface area contributed by atoms with E-state index >= 15 is 0 Å². The molecule has 0 saturated heterocycles. The Morgan fingerprint density at radius 2 is 2.21 bits per heavy atom. The van der Waals surface area contributed by atoms with Crippen molar-refractivity contribution in [2.24, 2.45) is 0 Å². The van der Waals surface area contributed by atoms with Crippen LogP contribution in [0.5, 0.6) is 0 Å². The molecule has 3 rings (SSSR count). The molecular weight excluding hydrogens is 329 g/mol. The van der Waals surface area contributed by atoms with Gasteiger partial charge in [0.1, 0.15) is 5.82 Å². The van der Waals surface area contributed by atoms with Crippen LogP contribution < -0.4 is 0 Å². The topological polar surface area (TPSA) is 33.6 Å². The van der Waals surface area contributed by atoms with Crippen LogP contribution >= 0.6 is 28.1 Å². The third-order valence-corrected chi connectivity index (χ3v) is 3.82. The first-order valence-corrected chi connectivity index (χ1v) is 6.80. The number of hydrogen-bond donors (Lipinski definition) is 1. The van der Waals surface area contributed by atoms with Crippen molar-refractivity contribution < 1.29 is 4.39 Å². The first-order valence-electron chi connectivity index (χ1n) is 5.59. The van der Waals surface area contributed by atoms with Crippen LogP contribution in [-0.4, -0.2) is 14.5 Å². The highest BCUT2D eigenvalue weighted by Gasteiger charge is 2.12. The molecule has 1 N–H and O–H groups in total. The van der Waals surface area contributed by atoms with Crippen molar-refractivity contribution in [2.45, 2.75) is 6.92 Å². The predicted octanol–water partition coefficient (Wildman–Crippen LogP) is 4.29. The number of nitrogens with one attached hydrogen (secondary N) is 1. The number of H-pyrrole nitrogens is 1. The summed E-state index contributed by atoms with van der Waals surface area (Å²) in [6, 6.07) is 6.90. The van der Waals surface area contributed by atoms with Gasteiger partial charge in [-0.25, -0.2) is 9.37 Å². The maximum atomic E-state index is 13.8. The lowest BCUT2D eigenvalue weighted by molar-refractivity contribution is 0.619. The van der Waals surface area contributed by atoms with E-state index in [1.807, 2.05) is 19.1 Å². The van der Waals surface area contributed by atoms with Crippen molar-refractivity contribution in [1.29, 1.82) is 0 Å². The molecule has 0 spiro atoms. The summed E-state index contributed by atoms with van der Waals surface area (Å²) in [4.78, 5) is 7.37. The number of pyridine rings is 1. The molecular formula is C13H9BrFN3S. The molecule has 0 aliphatic carbocycles. The molecule has 1 aromatic carbocycles. The van der Waals surface area contributed by atoms with Crippen LogP contribution in [0, 0.1) is 17.5 Å². The number of aryl methyl sites for hydroxylation is 1. The third kappa shape index (κ3) is 2.01. The summed E-state index contributed by atoms with van der Waals surface area (Å²) in [5.74, 6) is -0.326. The van der Waals surface area contributed by atoms with Crippen molar-refractivity contribution in [2.75, 3.05) is 0 Å². The van der Waals surface area contributed by atoms with Gasteiger partial charge in [0.25, 0.3) is 0 Å². The van der Waals surface area contributed by atoms with E-state index in [0.717, 1.165) is 11.1 Å². The largest absolute Gasteiger partial charge is 0.329 e. The molecule has 6 heteroatoms.